The van der Waals surface area contributed by atoms with Crippen LogP contribution in [-0.2, 0) is 0 Å². The van der Waals surface area contributed by atoms with E-state index in [4.69, 9.17) is 5.73 Å². The summed E-state index contributed by atoms with van der Waals surface area (Å²) in [5, 5.41) is 6.66. The van der Waals surface area contributed by atoms with Gasteiger partial charge in [-0.05, 0) is 28.9 Å². The van der Waals surface area contributed by atoms with Crippen molar-refractivity contribution in [3.63, 3.8) is 0 Å². The zero-order valence-electron chi connectivity index (χ0n) is 8.01. The molecule has 1 heterocycles. The van der Waals surface area contributed by atoms with E-state index < -0.39 is 0 Å². The maximum Gasteiger partial charge on any atom is 0.148 e. The van der Waals surface area contributed by atoms with Crippen LogP contribution in [-0.4, -0.2) is 10.2 Å². The molecular formula is C10H9BrFN3. The smallest absolute Gasteiger partial charge is 0.148 e. The lowest BCUT2D eigenvalue weighted by Crippen LogP contribution is -1.88. The first-order valence-corrected chi connectivity index (χ1v) is 5.15. The van der Waals surface area contributed by atoms with Crippen molar-refractivity contribution in [3.05, 3.63) is 34.1 Å². The zero-order chi connectivity index (χ0) is 11.0. The molecule has 1 aromatic carbocycles. The SMILES string of the molecule is Cc1c(N)n[nH]c1-c1cccc(F)c1Br. The molecule has 2 aromatic rings. The van der Waals surface area contributed by atoms with Crippen molar-refractivity contribution < 1.29 is 4.39 Å². The van der Waals surface area contributed by atoms with Gasteiger partial charge in [-0.3, -0.25) is 5.10 Å². The van der Waals surface area contributed by atoms with Crippen molar-refractivity contribution in [3.8, 4) is 11.3 Å². The van der Waals surface area contributed by atoms with Crippen LogP contribution in [0.5, 0.6) is 0 Å². The quantitative estimate of drug-likeness (QED) is 0.837. The number of nitrogen functional groups attached to an aromatic ring is 1. The fourth-order valence-electron chi connectivity index (χ4n) is 1.37. The Bertz CT molecular complexity index is 507. The maximum absolute atomic E-state index is 13.3. The van der Waals surface area contributed by atoms with E-state index in [-0.39, 0.29) is 5.82 Å². The number of nitrogens with zero attached hydrogens (tertiary/aromatic N) is 1. The van der Waals surface area contributed by atoms with Crippen molar-refractivity contribution in [2.75, 3.05) is 5.73 Å². The molecule has 0 aliphatic rings. The molecule has 3 N–H and O–H groups in total. The third-order valence-corrected chi connectivity index (χ3v) is 3.07. The van der Waals surface area contributed by atoms with Crippen molar-refractivity contribution in [2.45, 2.75) is 6.92 Å². The highest BCUT2D eigenvalue weighted by molar-refractivity contribution is 9.10. The van der Waals surface area contributed by atoms with Crippen molar-refractivity contribution in [1.29, 1.82) is 0 Å². The van der Waals surface area contributed by atoms with E-state index in [0.717, 1.165) is 16.8 Å². The van der Waals surface area contributed by atoms with E-state index in [1.807, 2.05) is 6.92 Å². The van der Waals surface area contributed by atoms with Crippen LogP contribution >= 0.6 is 15.9 Å². The highest BCUT2D eigenvalue weighted by Crippen LogP contribution is 2.32. The topological polar surface area (TPSA) is 54.7 Å². The van der Waals surface area contributed by atoms with Crippen molar-refractivity contribution in [1.82, 2.24) is 10.2 Å². The molecule has 0 radical (unpaired) electrons. The third kappa shape index (κ3) is 1.63. The second kappa shape index (κ2) is 3.66. The average molecular weight is 270 g/mol. The number of nitrogens with two attached hydrogens (primary N) is 1. The standard InChI is InChI=1S/C10H9BrFN3/c1-5-9(14-15-10(5)13)6-3-2-4-7(12)8(6)11/h2-4H,1H3,(H3,13,14,15). The molecule has 3 nitrogen and oxygen atoms in total. The second-order valence-electron chi connectivity index (χ2n) is 3.21. The van der Waals surface area contributed by atoms with Crippen LogP contribution in [0, 0.1) is 12.7 Å². The number of aromatic amines is 1. The van der Waals surface area contributed by atoms with Crippen LogP contribution in [0.4, 0.5) is 10.2 Å². The normalized spacial score (nSPS) is 10.6. The van der Waals surface area contributed by atoms with Gasteiger partial charge in [0.05, 0.1) is 10.2 Å². The summed E-state index contributed by atoms with van der Waals surface area (Å²) < 4.78 is 13.7. The van der Waals surface area contributed by atoms with Gasteiger partial charge in [0.15, 0.2) is 0 Å². The summed E-state index contributed by atoms with van der Waals surface area (Å²) in [6, 6.07) is 4.83. The average Bonchev–Trinajstić information content (AvgIpc) is 2.53. The third-order valence-electron chi connectivity index (χ3n) is 2.27. The highest BCUT2D eigenvalue weighted by atomic mass is 79.9. The number of halogens is 2. The maximum atomic E-state index is 13.3. The first kappa shape index (κ1) is 10.2. The summed E-state index contributed by atoms with van der Waals surface area (Å²) in [5.74, 6) is 0.126. The van der Waals surface area contributed by atoms with Gasteiger partial charge in [0.2, 0.25) is 0 Å². The molecule has 0 unspecified atom stereocenters. The summed E-state index contributed by atoms with van der Waals surface area (Å²) in [7, 11) is 0. The van der Waals surface area contributed by atoms with Crippen molar-refractivity contribution in [2.24, 2.45) is 0 Å². The van der Waals surface area contributed by atoms with Crippen LogP contribution in [0.15, 0.2) is 22.7 Å². The fraction of sp³-hybridized carbons (Fsp3) is 0.100. The Morgan fingerprint density at radius 2 is 2.20 bits per heavy atom. The first-order chi connectivity index (χ1) is 7.11. The Labute approximate surface area is 94.6 Å². The Morgan fingerprint density at radius 3 is 2.80 bits per heavy atom. The molecule has 0 atom stereocenters. The van der Waals surface area contributed by atoms with E-state index in [9.17, 15) is 4.39 Å². The molecule has 0 aliphatic heterocycles. The Morgan fingerprint density at radius 1 is 1.47 bits per heavy atom. The van der Waals surface area contributed by atoms with Gasteiger partial charge >= 0.3 is 0 Å². The number of benzene rings is 1. The minimum Gasteiger partial charge on any atom is -0.382 e. The van der Waals surface area contributed by atoms with E-state index in [2.05, 4.69) is 26.1 Å². The second-order valence-corrected chi connectivity index (χ2v) is 4.00. The highest BCUT2D eigenvalue weighted by Gasteiger charge is 2.13. The van der Waals surface area contributed by atoms with Crippen LogP contribution in [0.25, 0.3) is 11.3 Å². The monoisotopic (exact) mass is 269 g/mol. The van der Waals surface area contributed by atoms with Crippen LogP contribution in [0.3, 0.4) is 0 Å². The van der Waals surface area contributed by atoms with Gasteiger partial charge in [-0.15, -0.1) is 0 Å². The predicted octanol–water partition coefficient (Wildman–Crippen LogP) is 2.87. The Kier molecular flexibility index (Phi) is 2.48. The Hall–Kier alpha value is -1.36. The first-order valence-electron chi connectivity index (χ1n) is 4.36. The zero-order valence-corrected chi connectivity index (χ0v) is 9.60. The molecule has 0 amide bonds. The number of hydrogen-bond donors (Lipinski definition) is 2. The lowest BCUT2D eigenvalue weighted by Gasteiger charge is -2.03. The molecular weight excluding hydrogens is 261 g/mol. The summed E-state index contributed by atoms with van der Waals surface area (Å²) in [5.41, 5.74) is 7.89. The number of aromatic nitrogens is 2. The van der Waals surface area contributed by atoms with Crippen molar-refractivity contribution >= 4 is 21.7 Å². The molecule has 0 saturated heterocycles. The van der Waals surface area contributed by atoms with Crippen LogP contribution < -0.4 is 5.73 Å². The summed E-state index contributed by atoms with van der Waals surface area (Å²) >= 11 is 3.20. The number of nitrogens with one attached hydrogen (secondary N) is 1. The summed E-state index contributed by atoms with van der Waals surface area (Å²) in [6.07, 6.45) is 0. The largest absolute Gasteiger partial charge is 0.382 e. The summed E-state index contributed by atoms with van der Waals surface area (Å²) in [6.45, 7) is 1.84. The number of anilines is 1. The van der Waals surface area contributed by atoms with E-state index in [1.54, 1.807) is 12.1 Å². The molecule has 0 fully saturated rings. The predicted molar refractivity (Wildman–Crippen MR) is 60.8 cm³/mol. The van der Waals surface area contributed by atoms with E-state index in [1.165, 1.54) is 6.07 Å². The Balaban J connectivity index is 2.64. The molecule has 0 aliphatic carbocycles. The summed E-state index contributed by atoms with van der Waals surface area (Å²) in [4.78, 5) is 0. The molecule has 0 saturated carbocycles. The lowest BCUT2D eigenvalue weighted by molar-refractivity contribution is 0.621. The van der Waals surface area contributed by atoms with Gasteiger partial charge in [0.1, 0.15) is 11.6 Å². The van der Waals surface area contributed by atoms with E-state index >= 15 is 0 Å². The molecule has 78 valence electrons. The van der Waals surface area contributed by atoms with E-state index in [0.29, 0.717) is 10.3 Å². The van der Waals surface area contributed by atoms with Crippen LogP contribution in [0.2, 0.25) is 0 Å². The van der Waals surface area contributed by atoms with Gasteiger partial charge < -0.3 is 5.73 Å². The van der Waals surface area contributed by atoms with Gasteiger partial charge in [0.25, 0.3) is 0 Å². The number of H-pyrrole nitrogens is 1. The fourth-order valence-corrected chi connectivity index (χ4v) is 1.83. The van der Waals surface area contributed by atoms with Crippen LogP contribution in [0.1, 0.15) is 5.56 Å². The van der Waals surface area contributed by atoms with Gasteiger partial charge in [-0.1, -0.05) is 12.1 Å². The van der Waals surface area contributed by atoms with Gasteiger partial charge in [-0.25, -0.2) is 4.39 Å². The minimum atomic E-state index is -0.305. The van der Waals surface area contributed by atoms with Gasteiger partial charge in [0, 0.05) is 11.1 Å². The minimum absolute atomic E-state index is 0.305. The molecule has 2 rings (SSSR count). The lowest BCUT2D eigenvalue weighted by atomic mass is 10.1. The molecule has 0 spiro atoms. The molecule has 0 bridgehead atoms. The molecule has 15 heavy (non-hydrogen) atoms. The molecule has 1 aromatic heterocycles. The molecule has 5 heteroatoms. The number of hydrogen-bond acceptors (Lipinski definition) is 2. The number of rotatable bonds is 1. The van der Waals surface area contributed by atoms with Gasteiger partial charge in [-0.2, -0.15) is 5.10 Å².